The summed E-state index contributed by atoms with van der Waals surface area (Å²) in [4.78, 5) is 26.7. The highest BCUT2D eigenvalue weighted by molar-refractivity contribution is 5.85. The van der Waals surface area contributed by atoms with E-state index in [0.29, 0.717) is 12.8 Å². The van der Waals surface area contributed by atoms with Crippen molar-refractivity contribution in [1.29, 1.82) is 0 Å². The monoisotopic (exact) mass is 360 g/mol. The molecule has 3 rings (SSSR count). The van der Waals surface area contributed by atoms with Crippen LogP contribution in [0.25, 0.3) is 0 Å². The number of carbonyl (C=O) groups is 2. The Labute approximate surface area is 154 Å². The average Bonchev–Trinajstić information content (AvgIpc) is 2.77. The van der Waals surface area contributed by atoms with Crippen LogP contribution in [0.2, 0.25) is 0 Å². The van der Waals surface area contributed by atoms with Gasteiger partial charge in [-0.3, -0.25) is 4.90 Å². The largest absolute Gasteiger partial charge is 0.480 e. The molecule has 1 aromatic carbocycles. The number of fused-ring (bicyclic) bond motifs is 2. The van der Waals surface area contributed by atoms with Crippen molar-refractivity contribution in [2.24, 2.45) is 0 Å². The third kappa shape index (κ3) is 4.01. The summed E-state index contributed by atoms with van der Waals surface area (Å²) in [5.74, 6) is -0.973. The van der Waals surface area contributed by atoms with Crippen LogP contribution in [-0.2, 0) is 16.1 Å². The van der Waals surface area contributed by atoms with Gasteiger partial charge < -0.3 is 15.2 Å². The molecule has 0 saturated carbocycles. The molecule has 2 fully saturated rings. The highest BCUT2D eigenvalue weighted by Crippen LogP contribution is 2.42. The predicted molar refractivity (Wildman–Crippen MR) is 97.8 cm³/mol. The van der Waals surface area contributed by atoms with E-state index in [4.69, 9.17) is 4.74 Å². The molecule has 6 heteroatoms. The van der Waals surface area contributed by atoms with Crippen molar-refractivity contribution in [3.63, 3.8) is 0 Å². The van der Waals surface area contributed by atoms with Crippen LogP contribution in [0.5, 0.6) is 0 Å². The van der Waals surface area contributed by atoms with Gasteiger partial charge in [-0.05, 0) is 52.0 Å². The first kappa shape index (κ1) is 18.7. The average molecular weight is 360 g/mol. The van der Waals surface area contributed by atoms with E-state index in [9.17, 15) is 14.7 Å². The van der Waals surface area contributed by atoms with Gasteiger partial charge in [0.1, 0.15) is 11.1 Å². The van der Waals surface area contributed by atoms with Gasteiger partial charge >= 0.3 is 12.1 Å². The number of carbonyl (C=O) groups excluding carboxylic acids is 1. The maximum Gasteiger partial charge on any atom is 0.408 e. The van der Waals surface area contributed by atoms with Crippen molar-refractivity contribution in [1.82, 2.24) is 10.2 Å². The second-order valence-electron chi connectivity index (χ2n) is 8.47. The fourth-order valence-electron chi connectivity index (χ4n) is 4.22. The van der Waals surface area contributed by atoms with Crippen molar-refractivity contribution in [2.45, 2.75) is 76.2 Å². The van der Waals surface area contributed by atoms with Gasteiger partial charge in [-0.25, -0.2) is 9.59 Å². The van der Waals surface area contributed by atoms with Crippen molar-refractivity contribution in [3.8, 4) is 0 Å². The first-order valence-electron chi connectivity index (χ1n) is 9.23. The third-order valence-corrected chi connectivity index (χ3v) is 5.30. The maximum absolute atomic E-state index is 12.2. The predicted octanol–water partition coefficient (Wildman–Crippen LogP) is 3.16. The molecule has 2 bridgehead atoms. The summed E-state index contributed by atoms with van der Waals surface area (Å²) in [6, 6.07) is 10.5. The number of carboxylic acids is 1. The number of aliphatic carboxylic acids is 1. The zero-order valence-electron chi connectivity index (χ0n) is 15.7. The Kier molecular flexibility index (Phi) is 4.97. The van der Waals surface area contributed by atoms with Gasteiger partial charge in [0.2, 0.25) is 0 Å². The Hall–Kier alpha value is -2.08. The van der Waals surface area contributed by atoms with Crippen LogP contribution in [0.1, 0.15) is 52.0 Å². The third-order valence-electron chi connectivity index (χ3n) is 5.30. The van der Waals surface area contributed by atoms with E-state index in [-0.39, 0.29) is 12.1 Å². The number of nitrogens with zero attached hydrogens (tertiary/aromatic N) is 1. The van der Waals surface area contributed by atoms with Gasteiger partial charge in [-0.15, -0.1) is 0 Å². The molecule has 2 saturated heterocycles. The molecule has 0 aromatic heterocycles. The van der Waals surface area contributed by atoms with Crippen molar-refractivity contribution < 1.29 is 19.4 Å². The van der Waals surface area contributed by atoms with Crippen LogP contribution in [0.4, 0.5) is 4.79 Å². The molecule has 0 spiro atoms. The molecule has 6 nitrogen and oxygen atoms in total. The second kappa shape index (κ2) is 6.91. The quantitative estimate of drug-likeness (QED) is 0.862. The minimum atomic E-state index is -1.25. The van der Waals surface area contributed by atoms with E-state index in [1.54, 1.807) is 20.8 Å². The molecule has 26 heavy (non-hydrogen) atoms. The smallest absolute Gasteiger partial charge is 0.408 e. The molecule has 142 valence electrons. The van der Waals surface area contributed by atoms with Crippen molar-refractivity contribution >= 4 is 12.1 Å². The lowest BCUT2D eigenvalue weighted by molar-refractivity contribution is -0.148. The number of benzene rings is 1. The van der Waals surface area contributed by atoms with Crippen LogP contribution >= 0.6 is 0 Å². The summed E-state index contributed by atoms with van der Waals surface area (Å²) in [5.41, 5.74) is -0.676. The number of ether oxygens (including phenoxy) is 1. The number of amides is 1. The first-order chi connectivity index (χ1) is 12.2. The van der Waals surface area contributed by atoms with Gasteiger partial charge in [0.15, 0.2) is 0 Å². The van der Waals surface area contributed by atoms with E-state index < -0.39 is 23.2 Å². The number of piperidine rings is 1. The Morgan fingerprint density at radius 1 is 1.19 bits per heavy atom. The molecule has 2 heterocycles. The van der Waals surface area contributed by atoms with Crippen molar-refractivity contribution in [3.05, 3.63) is 35.9 Å². The summed E-state index contributed by atoms with van der Waals surface area (Å²) in [6.07, 6.45) is 2.08. The molecule has 2 N–H and O–H groups in total. The summed E-state index contributed by atoms with van der Waals surface area (Å²) in [5, 5.41) is 12.6. The molecule has 2 unspecified atom stereocenters. The summed E-state index contributed by atoms with van der Waals surface area (Å²) in [6.45, 7) is 6.13. The van der Waals surface area contributed by atoms with E-state index >= 15 is 0 Å². The summed E-state index contributed by atoms with van der Waals surface area (Å²) >= 11 is 0. The van der Waals surface area contributed by atoms with E-state index in [1.807, 2.05) is 18.2 Å². The van der Waals surface area contributed by atoms with E-state index in [2.05, 4.69) is 22.3 Å². The lowest BCUT2D eigenvalue weighted by Gasteiger charge is -2.44. The minimum Gasteiger partial charge on any atom is -0.480 e. The molecule has 2 aliphatic heterocycles. The molecule has 0 radical (unpaired) electrons. The lowest BCUT2D eigenvalue weighted by atomic mass is 9.82. The maximum atomic E-state index is 12.2. The highest BCUT2D eigenvalue weighted by atomic mass is 16.6. The molecular weight excluding hydrogens is 332 g/mol. The fourth-order valence-corrected chi connectivity index (χ4v) is 4.22. The lowest BCUT2D eigenvalue weighted by Crippen LogP contribution is -2.63. The van der Waals surface area contributed by atoms with E-state index in [1.165, 1.54) is 5.56 Å². The minimum absolute atomic E-state index is 0.153. The Bertz CT molecular complexity index is 654. The van der Waals surface area contributed by atoms with Gasteiger partial charge in [-0.1, -0.05) is 30.3 Å². The Morgan fingerprint density at radius 2 is 1.77 bits per heavy atom. The SMILES string of the molecule is CC(C)(C)OC(=O)NC1(C(=O)O)CC2CCC(C1)N2Cc1ccccc1. The normalized spacial score (nSPS) is 28.6. The topological polar surface area (TPSA) is 78.9 Å². The van der Waals surface area contributed by atoms with Crippen LogP contribution in [-0.4, -0.2) is 45.3 Å². The second-order valence-corrected chi connectivity index (χ2v) is 8.47. The van der Waals surface area contributed by atoms with Gasteiger partial charge in [0.25, 0.3) is 0 Å². The number of nitrogens with one attached hydrogen (secondary N) is 1. The number of carboxylic acid groups (broad SMARTS) is 1. The van der Waals surface area contributed by atoms with Crippen LogP contribution in [0, 0.1) is 0 Å². The Morgan fingerprint density at radius 3 is 2.27 bits per heavy atom. The molecule has 1 aromatic rings. The van der Waals surface area contributed by atoms with Crippen LogP contribution in [0.15, 0.2) is 30.3 Å². The van der Waals surface area contributed by atoms with Crippen LogP contribution in [0.3, 0.4) is 0 Å². The van der Waals surface area contributed by atoms with Gasteiger partial charge in [0, 0.05) is 18.6 Å². The zero-order chi connectivity index (χ0) is 18.9. The molecule has 1 amide bonds. The first-order valence-corrected chi connectivity index (χ1v) is 9.23. The molecular formula is C20H28N2O4. The van der Waals surface area contributed by atoms with Crippen molar-refractivity contribution in [2.75, 3.05) is 0 Å². The molecule has 0 aliphatic carbocycles. The number of hydrogen-bond acceptors (Lipinski definition) is 4. The summed E-state index contributed by atoms with van der Waals surface area (Å²) in [7, 11) is 0. The number of hydrogen-bond donors (Lipinski definition) is 2. The number of rotatable bonds is 4. The van der Waals surface area contributed by atoms with E-state index in [0.717, 1.165) is 19.4 Å². The Balaban J connectivity index is 1.73. The zero-order valence-corrected chi connectivity index (χ0v) is 15.7. The highest BCUT2D eigenvalue weighted by Gasteiger charge is 2.53. The van der Waals surface area contributed by atoms with Gasteiger partial charge in [-0.2, -0.15) is 0 Å². The summed E-state index contributed by atoms with van der Waals surface area (Å²) < 4.78 is 5.30. The number of alkyl carbamates (subject to hydrolysis) is 1. The van der Waals surface area contributed by atoms with Crippen LogP contribution < -0.4 is 5.32 Å². The fraction of sp³-hybridized carbons (Fsp3) is 0.600. The molecule has 2 aliphatic rings. The standard InChI is InChI=1S/C20H28N2O4/c1-19(2,3)26-18(25)21-20(17(23)24)11-15-9-10-16(12-20)22(15)13-14-7-5-4-6-8-14/h4-8,15-16H,9-13H2,1-3H3,(H,21,25)(H,23,24). The van der Waals surface area contributed by atoms with Gasteiger partial charge in [0.05, 0.1) is 0 Å². The molecule has 2 atom stereocenters.